The van der Waals surface area contributed by atoms with Crippen LogP contribution < -0.4 is 20.2 Å². The fraction of sp³-hybridized carbons (Fsp3) is 1.00. The summed E-state index contributed by atoms with van der Waals surface area (Å²) in [5, 5.41) is 0. The molecule has 0 atom stereocenters. The van der Waals surface area contributed by atoms with Gasteiger partial charge in [-0.15, -0.1) is 0 Å². The van der Waals surface area contributed by atoms with Crippen LogP contribution in [0.2, 0.25) is 0 Å². The average molecular weight is 199 g/mol. The van der Waals surface area contributed by atoms with Gasteiger partial charge >= 0.3 is 33.7 Å². The van der Waals surface area contributed by atoms with Crippen molar-refractivity contribution >= 4 is 0 Å². The molecule has 36 valence electrons. The van der Waals surface area contributed by atoms with Gasteiger partial charge in [-0.2, -0.15) is 0 Å². The first-order valence-electron chi connectivity index (χ1n) is 0.807. The molecule has 0 nitrogen and oxygen atoms in total. The zero-order valence-corrected chi connectivity index (χ0v) is 4.67. The van der Waals surface area contributed by atoms with Crippen LogP contribution in [0, 0.1) is 0 Å². The molecule has 0 radical (unpaired) electrons. The van der Waals surface area contributed by atoms with Crippen LogP contribution in [0.25, 0.3) is 0 Å². The molecule has 0 amide bonds. The van der Waals surface area contributed by atoms with E-state index in [4.69, 9.17) is 0 Å². The summed E-state index contributed by atoms with van der Waals surface area (Å²) in [4.78, 5) is 0.368. The molecule has 0 rings (SSSR count). The molecule has 0 aliphatic rings. The van der Waals surface area contributed by atoms with E-state index < -0.39 is 20.2 Å². The van der Waals surface area contributed by atoms with Crippen molar-refractivity contribution in [1.29, 1.82) is 0 Å². The second-order valence-corrected chi connectivity index (χ2v) is 3.96. The normalized spacial score (nSPS) is 15.2. The molecule has 5 heavy (non-hydrogen) atoms. The SMILES string of the molecule is C[I-](F)(F)F. The van der Waals surface area contributed by atoms with E-state index >= 15 is 0 Å². The predicted octanol–water partition coefficient (Wildman–Crippen LogP) is -1.57. The maximum atomic E-state index is 10.5. The van der Waals surface area contributed by atoms with Crippen molar-refractivity contribution in [2.24, 2.45) is 0 Å². The third-order valence-corrected chi connectivity index (χ3v) is 0. The molecule has 0 aromatic heterocycles. The van der Waals surface area contributed by atoms with E-state index in [1.54, 1.807) is 0 Å². The molecule has 0 unspecified atom stereocenters. The zero-order valence-electron chi connectivity index (χ0n) is 2.51. The second-order valence-electron chi connectivity index (χ2n) is 0.591. The van der Waals surface area contributed by atoms with Gasteiger partial charge in [0.2, 0.25) is 0 Å². The Kier molecular flexibility index (Phi) is 1.45. The monoisotopic (exact) mass is 199 g/mol. The third kappa shape index (κ3) is 106. The summed E-state index contributed by atoms with van der Waals surface area (Å²) in [5.74, 6) is 0. The second kappa shape index (κ2) is 1.32. The van der Waals surface area contributed by atoms with E-state index in [2.05, 4.69) is 0 Å². The van der Waals surface area contributed by atoms with Crippen molar-refractivity contribution in [2.75, 3.05) is 4.93 Å². The molecule has 0 saturated carbocycles. The Balaban J connectivity index is 3.02. The number of hydrogen-bond acceptors (Lipinski definition) is 0. The van der Waals surface area contributed by atoms with Crippen LogP contribution in [0.15, 0.2) is 0 Å². The molecule has 0 saturated heterocycles. The van der Waals surface area contributed by atoms with Crippen LogP contribution in [0.1, 0.15) is 0 Å². The molecule has 0 aliphatic carbocycles. The summed E-state index contributed by atoms with van der Waals surface area (Å²) in [6.07, 6.45) is 0. The van der Waals surface area contributed by atoms with E-state index in [-0.39, 0.29) is 0 Å². The first-order valence-corrected chi connectivity index (χ1v) is 5.41. The van der Waals surface area contributed by atoms with Crippen LogP contribution in [0.4, 0.5) is 8.58 Å². The fourth-order valence-corrected chi connectivity index (χ4v) is 0. The standard InChI is InChI=1S/CH3F3I/c1-5(2,3)4/h1H3/q-1. The third-order valence-electron chi connectivity index (χ3n) is 0. The van der Waals surface area contributed by atoms with Gasteiger partial charge in [-0.25, -0.2) is 0 Å². The zero-order chi connectivity index (χ0) is 4.50. The molecule has 0 bridgehead atoms. The van der Waals surface area contributed by atoms with Gasteiger partial charge < -0.3 is 0 Å². The van der Waals surface area contributed by atoms with Crippen molar-refractivity contribution in [1.82, 2.24) is 0 Å². The maximum absolute atomic E-state index is 10.5. The van der Waals surface area contributed by atoms with Gasteiger partial charge in [0.05, 0.1) is 0 Å². The van der Waals surface area contributed by atoms with Crippen LogP contribution in [0.3, 0.4) is 0 Å². The summed E-state index contributed by atoms with van der Waals surface area (Å²) >= 11 is -5.44. The molecular weight excluding hydrogens is 196 g/mol. The number of hydrogen-bond donors (Lipinski definition) is 0. The quantitative estimate of drug-likeness (QED) is 0.326. The Morgan fingerprint density at radius 1 is 1.20 bits per heavy atom. The first kappa shape index (κ1) is 5.52. The molecule has 0 spiro atoms. The molecule has 0 aromatic carbocycles. The predicted molar refractivity (Wildman–Crippen MR) is 9.25 cm³/mol. The van der Waals surface area contributed by atoms with Crippen LogP contribution >= 0.6 is 0 Å². The van der Waals surface area contributed by atoms with E-state index in [1.807, 2.05) is 0 Å². The van der Waals surface area contributed by atoms with E-state index in [1.165, 1.54) is 0 Å². The topological polar surface area (TPSA) is 0 Å². The van der Waals surface area contributed by atoms with Gasteiger partial charge in [-0.1, -0.05) is 0 Å². The summed E-state index contributed by atoms with van der Waals surface area (Å²) in [7, 11) is 0. The minimum absolute atomic E-state index is 0.368. The van der Waals surface area contributed by atoms with E-state index in [9.17, 15) is 8.58 Å². The number of alkyl halides is 1. The molecule has 4 heteroatoms. The van der Waals surface area contributed by atoms with Crippen molar-refractivity contribution in [3.63, 3.8) is 0 Å². The Hall–Kier alpha value is 0.520. The molecule has 0 fully saturated rings. The molecular formula is CH3F3I-. The summed E-state index contributed by atoms with van der Waals surface area (Å²) < 4.78 is 31.6. The molecule has 0 aromatic rings. The van der Waals surface area contributed by atoms with Gasteiger partial charge in [-0.05, 0) is 0 Å². The fourth-order valence-electron chi connectivity index (χ4n) is 0. The Labute approximate surface area is 34.2 Å². The van der Waals surface area contributed by atoms with Crippen LogP contribution in [0.5, 0.6) is 0 Å². The van der Waals surface area contributed by atoms with E-state index in [0.717, 1.165) is 0 Å². The summed E-state index contributed by atoms with van der Waals surface area (Å²) in [6.45, 7) is 0. The van der Waals surface area contributed by atoms with Crippen LogP contribution in [-0.2, 0) is 0 Å². The Morgan fingerprint density at radius 2 is 1.20 bits per heavy atom. The summed E-state index contributed by atoms with van der Waals surface area (Å²) in [5.41, 5.74) is 0. The Morgan fingerprint density at radius 3 is 1.20 bits per heavy atom. The summed E-state index contributed by atoms with van der Waals surface area (Å²) in [6, 6.07) is 0. The van der Waals surface area contributed by atoms with Gasteiger partial charge in [-0.3, -0.25) is 0 Å². The van der Waals surface area contributed by atoms with Gasteiger partial charge in [0, 0.05) is 0 Å². The molecule has 0 N–H and O–H groups in total. The van der Waals surface area contributed by atoms with Gasteiger partial charge in [0.15, 0.2) is 0 Å². The van der Waals surface area contributed by atoms with Crippen molar-refractivity contribution in [2.45, 2.75) is 0 Å². The number of halogens is 4. The average Bonchev–Trinajstić information content (AvgIpc) is 0.722. The van der Waals surface area contributed by atoms with Crippen molar-refractivity contribution in [3.8, 4) is 0 Å². The van der Waals surface area contributed by atoms with E-state index in [0.29, 0.717) is 4.93 Å². The minimum atomic E-state index is -5.44. The first-order chi connectivity index (χ1) is 2.00. The van der Waals surface area contributed by atoms with Crippen molar-refractivity contribution < 1.29 is 28.7 Å². The molecule has 0 heterocycles. The van der Waals surface area contributed by atoms with Gasteiger partial charge in [0.1, 0.15) is 0 Å². The molecule has 0 aliphatic heterocycles. The Bertz CT molecular complexity index is 22.4. The van der Waals surface area contributed by atoms with Gasteiger partial charge in [0.25, 0.3) is 0 Å². The number of rotatable bonds is 0. The van der Waals surface area contributed by atoms with Crippen LogP contribution in [-0.4, -0.2) is 4.93 Å². The van der Waals surface area contributed by atoms with Crippen molar-refractivity contribution in [3.05, 3.63) is 0 Å².